The molecule has 0 unspecified atom stereocenters. The van der Waals surface area contributed by atoms with Crippen LogP contribution in [-0.2, 0) is 23.0 Å². The second-order valence-corrected chi connectivity index (χ2v) is 7.84. The molecule has 0 spiro atoms. The van der Waals surface area contributed by atoms with E-state index in [9.17, 15) is 4.79 Å². The number of hydrogen-bond acceptors (Lipinski definition) is 3. The molecule has 1 amide bonds. The quantitative estimate of drug-likeness (QED) is 0.745. The number of methoxy groups -OCH3 is 1. The minimum Gasteiger partial charge on any atom is -0.379 e. The molecule has 1 aliphatic heterocycles. The number of carbonyl (C=O) groups excluding carboxylic acids is 1. The molecule has 1 aliphatic rings. The lowest BCUT2D eigenvalue weighted by molar-refractivity contribution is -0.131. The molecule has 2 heterocycles. The predicted molar refractivity (Wildman–Crippen MR) is 112 cm³/mol. The second kappa shape index (κ2) is 8.74. The average molecular weight is 382 g/mol. The van der Waals surface area contributed by atoms with Crippen molar-refractivity contribution >= 4 is 12.0 Å². The summed E-state index contributed by atoms with van der Waals surface area (Å²) in [6.45, 7) is 7.50. The molecule has 150 valence electrons. The van der Waals surface area contributed by atoms with Gasteiger partial charge in [-0.05, 0) is 51.2 Å². The van der Waals surface area contributed by atoms with E-state index in [0.29, 0.717) is 12.5 Å². The molecule has 3 rings (SSSR count). The molecule has 0 bridgehead atoms. The number of rotatable bonds is 5. The van der Waals surface area contributed by atoms with Crippen LogP contribution in [0.15, 0.2) is 30.3 Å². The Bertz CT molecular complexity index is 851. The van der Waals surface area contributed by atoms with Gasteiger partial charge < -0.3 is 9.64 Å². The molecule has 0 N–H and O–H groups in total. The van der Waals surface area contributed by atoms with Gasteiger partial charge in [0.1, 0.15) is 0 Å². The van der Waals surface area contributed by atoms with Gasteiger partial charge in [0.25, 0.3) is 0 Å². The van der Waals surface area contributed by atoms with Crippen molar-refractivity contribution in [1.29, 1.82) is 0 Å². The topological polar surface area (TPSA) is 47.4 Å². The van der Waals surface area contributed by atoms with Crippen molar-refractivity contribution in [2.24, 2.45) is 13.0 Å². The highest BCUT2D eigenvalue weighted by atomic mass is 16.5. The Labute approximate surface area is 168 Å². The molecule has 1 saturated heterocycles. The van der Waals surface area contributed by atoms with Crippen LogP contribution in [0.3, 0.4) is 0 Å². The first-order valence-electron chi connectivity index (χ1n) is 9.94. The summed E-state index contributed by atoms with van der Waals surface area (Å²) in [5, 5.41) is 4.40. The van der Waals surface area contributed by atoms with E-state index in [-0.39, 0.29) is 12.0 Å². The third-order valence-corrected chi connectivity index (χ3v) is 5.89. The lowest BCUT2D eigenvalue weighted by Gasteiger charge is -2.37. The van der Waals surface area contributed by atoms with E-state index < -0.39 is 0 Å². The molecular formula is C23H31N3O2. The Hall–Kier alpha value is -2.40. The molecule has 1 aromatic heterocycles. The standard InChI is InChI=1S/C23H31N3O2/c1-16-6-8-19(9-7-16)14-20-12-13-26(15-22(20)28-5)23(27)11-10-21-17(2)24-25(4)18(21)3/h6-11,20,22H,12-15H2,1-5H3/b11-10+/t20-,22+/m1/s1. The fraction of sp³-hybridized carbons (Fsp3) is 0.478. The Morgan fingerprint density at radius 2 is 1.96 bits per heavy atom. The van der Waals surface area contributed by atoms with Crippen LogP contribution in [0.5, 0.6) is 0 Å². The number of likely N-dealkylation sites (tertiary alicyclic amines) is 1. The van der Waals surface area contributed by atoms with Gasteiger partial charge in [-0.1, -0.05) is 29.8 Å². The molecule has 5 heteroatoms. The van der Waals surface area contributed by atoms with Crippen molar-refractivity contribution in [1.82, 2.24) is 14.7 Å². The lowest BCUT2D eigenvalue weighted by Crippen LogP contribution is -2.47. The van der Waals surface area contributed by atoms with Gasteiger partial charge in [-0.2, -0.15) is 5.10 Å². The molecule has 1 aromatic carbocycles. The van der Waals surface area contributed by atoms with E-state index in [1.165, 1.54) is 11.1 Å². The number of benzene rings is 1. The smallest absolute Gasteiger partial charge is 0.246 e. The number of nitrogens with zero attached hydrogens (tertiary/aromatic N) is 3. The Morgan fingerprint density at radius 1 is 1.25 bits per heavy atom. The first-order chi connectivity index (χ1) is 13.4. The Kier molecular flexibility index (Phi) is 6.35. The molecule has 0 radical (unpaired) electrons. The first-order valence-corrected chi connectivity index (χ1v) is 9.94. The summed E-state index contributed by atoms with van der Waals surface area (Å²) in [6.07, 6.45) is 5.57. The van der Waals surface area contributed by atoms with Gasteiger partial charge in [-0.25, -0.2) is 0 Å². The van der Waals surface area contributed by atoms with E-state index in [1.807, 2.05) is 36.6 Å². The average Bonchev–Trinajstić information content (AvgIpc) is 2.93. The number of ether oxygens (including phenoxy) is 1. The van der Waals surface area contributed by atoms with E-state index >= 15 is 0 Å². The highest BCUT2D eigenvalue weighted by Gasteiger charge is 2.31. The van der Waals surface area contributed by atoms with Crippen molar-refractivity contribution in [3.8, 4) is 0 Å². The normalized spacial score (nSPS) is 20.1. The zero-order chi connectivity index (χ0) is 20.3. The largest absolute Gasteiger partial charge is 0.379 e. The summed E-state index contributed by atoms with van der Waals surface area (Å²) in [7, 11) is 3.67. The van der Waals surface area contributed by atoms with Gasteiger partial charge >= 0.3 is 0 Å². The number of piperidine rings is 1. The molecule has 5 nitrogen and oxygen atoms in total. The molecule has 0 saturated carbocycles. The van der Waals surface area contributed by atoms with E-state index in [4.69, 9.17) is 4.74 Å². The monoisotopic (exact) mass is 381 g/mol. The van der Waals surface area contributed by atoms with Gasteiger partial charge in [-0.15, -0.1) is 0 Å². The number of hydrogen-bond donors (Lipinski definition) is 0. The number of carbonyl (C=O) groups is 1. The van der Waals surface area contributed by atoms with E-state index in [1.54, 1.807) is 13.2 Å². The van der Waals surface area contributed by atoms with Crippen molar-refractivity contribution in [3.63, 3.8) is 0 Å². The molecule has 1 fully saturated rings. The van der Waals surface area contributed by atoms with Crippen LogP contribution in [0.25, 0.3) is 6.08 Å². The van der Waals surface area contributed by atoms with Crippen LogP contribution in [0.4, 0.5) is 0 Å². The van der Waals surface area contributed by atoms with Crippen molar-refractivity contribution in [3.05, 3.63) is 58.4 Å². The Balaban J connectivity index is 1.63. The number of aryl methyl sites for hydroxylation is 3. The van der Waals surface area contributed by atoms with Gasteiger partial charge in [0.15, 0.2) is 0 Å². The summed E-state index contributed by atoms with van der Waals surface area (Å²) in [6, 6.07) is 8.70. The van der Waals surface area contributed by atoms with Crippen molar-refractivity contribution < 1.29 is 9.53 Å². The molecule has 0 aliphatic carbocycles. The third kappa shape index (κ3) is 4.53. The van der Waals surface area contributed by atoms with Crippen LogP contribution in [0.2, 0.25) is 0 Å². The zero-order valence-electron chi connectivity index (χ0n) is 17.6. The maximum atomic E-state index is 12.7. The maximum absolute atomic E-state index is 12.7. The maximum Gasteiger partial charge on any atom is 0.246 e. The zero-order valence-corrected chi connectivity index (χ0v) is 17.6. The van der Waals surface area contributed by atoms with Gasteiger partial charge in [-0.3, -0.25) is 9.48 Å². The van der Waals surface area contributed by atoms with Crippen LogP contribution < -0.4 is 0 Å². The third-order valence-electron chi connectivity index (χ3n) is 5.89. The SMILES string of the molecule is CO[C@H]1CN(C(=O)/C=C/c2c(C)nn(C)c2C)CC[C@@H]1Cc1ccc(C)cc1. The van der Waals surface area contributed by atoms with Crippen molar-refractivity contribution in [2.45, 2.75) is 39.7 Å². The van der Waals surface area contributed by atoms with Crippen LogP contribution in [-0.4, -0.2) is 46.9 Å². The fourth-order valence-electron chi connectivity index (χ4n) is 3.98. The van der Waals surface area contributed by atoms with Crippen LogP contribution in [0, 0.1) is 26.7 Å². The fourth-order valence-corrected chi connectivity index (χ4v) is 3.98. The van der Waals surface area contributed by atoms with Crippen LogP contribution >= 0.6 is 0 Å². The summed E-state index contributed by atoms with van der Waals surface area (Å²) < 4.78 is 7.60. The molecule has 28 heavy (non-hydrogen) atoms. The Morgan fingerprint density at radius 3 is 2.57 bits per heavy atom. The molecule has 2 atom stereocenters. The summed E-state index contributed by atoms with van der Waals surface area (Å²) >= 11 is 0. The summed E-state index contributed by atoms with van der Waals surface area (Å²) in [5.74, 6) is 0.474. The lowest BCUT2D eigenvalue weighted by atomic mass is 9.87. The number of amides is 1. The van der Waals surface area contributed by atoms with Gasteiger partial charge in [0, 0.05) is 44.6 Å². The first kappa shape index (κ1) is 20.3. The highest BCUT2D eigenvalue weighted by Crippen LogP contribution is 2.25. The minimum absolute atomic E-state index is 0.0403. The van der Waals surface area contributed by atoms with Gasteiger partial charge in [0.2, 0.25) is 5.91 Å². The minimum atomic E-state index is 0.0403. The summed E-state index contributed by atoms with van der Waals surface area (Å²) in [5.41, 5.74) is 5.63. The van der Waals surface area contributed by atoms with Crippen LogP contribution in [0.1, 0.15) is 34.5 Å². The second-order valence-electron chi connectivity index (χ2n) is 7.84. The number of aromatic nitrogens is 2. The van der Waals surface area contributed by atoms with Crippen molar-refractivity contribution in [2.75, 3.05) is 20.2 Å². The van der Waals surface area contributed by atoms with E-state index in [0.717, 1.165) is 36.3 Å². The molecular weight excluding hydrogens is 350 g/mol. The predicted octanol–water partition coefficient (Wildman–Crippen LogP) is 3.46. The molecule has 2 aromatic rings. The van der Waals surface area contributed by atoms with E-state index in [2.05, 4.69) is 36.3 Å². The highest BCUT2D eigenvalue weighted by molar-refractivity contribution is 5.92. The van der Waals surface area contributed by atoms with Gasteiger partial charge in [0.05, 0.1) is 11.8 Å². The summed E-state index contributed by atoms with van der Waals surface area (Å²) in [4.78, 5) is 14.6.